The van der Waals surface area contributed by atoms with Crippen molar-refractivity contribution in [3.63, 3.8) is 0 Å². The molecule has 1 saturated carbocycles. The van der Waals surface area contributed by atoms with Crippen molar-refractivity contribution in [3.05, 3.63) is 11.1 Å². The van der Waals surface area contributed by atoms with Gasteiger partial charge < -0.3 is 14.9 Å². The van der Waals surface area contributed by atoms with Crippen LogP contribution in [0.2, 0.25) is 0 Å². The van der Waals surface area contributed by atoms with Crippen LogP contribution in [0.4, 0.5) is 0 Å². The smallest absolute Gasteiger partial charge is 0.334 e. The average Bonchev–Trinajstić information content (AvgIpc) is 2.42. The second kappa shape index (κ2) is 5.15. The summed E-state index contributed by atoms with van der Waals surface area (Å²) in [7, 11) is 1.42. The van der Waals surface area contributed by atoms with Crippen molar-refractivity contribution in [2.75, 3.05) is 13.7 Å². The molecule has 2 rings (SSSR count). The Balaban J connectivity index is 2.51. The number of aliphatic hydroxyl groups excluding tert-OH is 2. The number of hydrogen-bond acceptors (Lipinski definition) is 4. The van der Waals surface area contributed by atoms with Crippen molar-refractivity contribution in [2.24, 2.45) is 16.7 Å². The van der Waals surface area contributed by atoms with E-state index in [4.69, 9.17) is 4.74 Å². The molecular formula is C16H26O4. The van der Waals surface area contributed by atoms with Gasteiger partial charge in [0.15, 0.2) is 0 Å². The molecule has 0 aromatic carbocycles. The molecule has 0 radical (unpaired) electrons. The highest BCUT2D eigenvalue weighted by Crippen LogP contribution is 2.59. The number of hydrogen-bond donors (Lipinski definition) is 2. The van der Waals surface area contributed by atoms with Gasteiger partial charge in [-0.05, 0) is 38.5 Å². The number of allylic oxidation sites excluding steroid dienone is 1. The maximum atomic E-state index is 12.2. The summed E-state index contributed by atoms with van der Waals surface area (Å²) < 4.78 is 4.98. The third-order valence-corrected chi connectivity index (χ3v) is 5.80. The summed E-state index contributed by atoms with van der Waals surface area (Å²) in [4.78, 5) is 12.2. The Bertz CT molecular complexity index is 442. The van der Waals surface area contributed by atoms with Gasteiger partial charge in [0, 0.05) is 16.4 Å². The molecule has 4 heteroatoms. The minimum absolute atomic E-state index is 0.0536. The molecule has 0 aliphatic heterocycles. The van der Waals surface area contributed by atoms with Gasteiger partial charge in [0.2, 0.25) is 0 Å². The number of aliphatic hydroxyl groups is 2. The highest BCUT2D eigenvalue weighted by molar-refractivity contribution is 5.91. The largest absolute Gasteiger partial charge is 0.466 e. The lowest BCUT2D eigenvalue weighted by Gasteiger charge is -2.56. The van der Waals surface area contributed by atoms with Gasteiger partial charge in [-0.1, -0.05) is 19.4 Å². The molecule has 2 aliphatic carbocycles. The lowest BCUT2D eigenvalue weighted by atomic mass is 9.49. The summed E-state index contributed by atoms with van der Waals surface area (Å²) in [6.07, 6.45) is 2.58. The molecule has 4 nitrogen and oxygen atoms in total. The zero-order chi connectivity index (χ0) is 15.1. The first-order valence-electron chi connectivity index (χ1n) is 7.38. The second-order valence-corrected chi connectivity index (χ2v) is 6.87. The van der Waals surface area contributed by atoms with Crippen molar-refractivity contribution >= 4 is 5.97 Å². The third kappa shape index (κ3) is 2.01. The van der Waals surface area contributed by atoms with Crippen molar-refractivity contribution in [3.8, 4) is 0 Å². The average molecular weight is 282 g/mol. The minimum Gasteiger partial charge on any atom is -0.466 e. The van der Waals surface area contributed by atoms with Crippen molar-refractivity contribution in [1.29, 1.82) is 0 Å². The molecule has 114 valence electrons. The zero-order valence-corrected chi connectivity index (χ0v) is 12.9. The van der Waals surface area contributed by atoms with Crippen LogP contribution < -0.4 is 0 Å². The number of carbonyl (C=O) groups excluding carboxylic acids is 1. The lowest BCUT2D eigenvalue weighted by Crippen LogP contribution is -2.56. The van der Waals surface area contributed by atoms with Crippen LogP contribution in [0.5, 0.6) is 0 Å². The Morgan fingerprint density at radius 1 is 1.40 bits per heavy atom. The van der Waals surface area contributed by atoms with Gasteiger partial charge in [0.25, 0.3) is 0 Å². The summed E-state index contributed by atoms with van der Waals surface area (Å²) >= 11 is 0. The van der Waals surface area contributed by atoms with Crippen LogP contribution in [-0.2, 0) is 9.53 Å². The Morgan fingerprint density at radius 2 is 2.05 bits per heavy atom. The Kier molecular flexibility index (Phi) is 4.00. The van der Waals surface area contributed by atoms with E-state index >= 15 is 0 Å². The first kappa shape index (κ1) is 15.5. The Morgan fingerprint density at radius 3 is 2.60 bits per heavy atom. The van der Waals surface area contributed by atoms with Gasteiger partial charge in [0.05, 0.1) is 19.8 Å². The monoisotopic (exact) mass is 282 g/mol. The van der Waals surface area contributed by atoms with E-state index in [1.54, 1.807) is 0 Å². The van der Waals surface area contributed by atoms with Gasteiger partial charge in [-0.3, -0.25) is 0 Å². The number of ether oxygens (including phenoxy) is 1. The normalized spacial score (nSPS) is 41.3. The SMILES string of the molecule is COC(=O)C1=C(C)CC[C@H]2[C@](C)(CO)[C@@H](O)CC[C@]12C. The number of rotatable bonds is 2. The minimum atomic E-state index is -0.549. The molecule has 2 N–H and O–H groups in total. The van der Waals surface area contributed by atoms with E-state index in [0.29, 0.717) is 6.42 Å². The summed E-state index contributed by atoms with van der Waals surface area (Å²) in [6, 6.07) is 0. The molecule has 20 heavy (non-hydrogen) atoms. The maximum Gasteiger partial charge on any atom is 0.334 e. The molecular weight excluding hydrogens is 256 g/mol. The number of carbonyl (C=O) groups is 1. The molecule has 4 atom stereocenters. The van der Waals surface area contributed by atoms with E-state index in [1.807, 2.05) is 13.8 Å². The molecule has 2 aliphatic rings. The first-order chi connectivity index (χ1) is 9.31. The second-order valence-electron chi connectivity index (χ2n) is 6.87. The first-order valence-corrected chi connectivity index (χ1v) is 7.38. The van der Waals surface area contributed by atoms with E-state index in [2.05, 4.69) is 6.92 Å². The standard InChI is InChI=1S/C16H26O4/c1-10-5-6-11-15(2,13(10)14(19)20-4)8-7-12(18)16(11,3)9-17/h11-12,17-18H,5-9H2,1-4H3/t11-,12+,15+,16+/m1/s1. The van der Waals surface area contributed by atoms with Crippen LogP contribution in [-0.4, -0.2) is 36.0 Å². The van der Waals surface area contributed by atoms with E-state index in [-0.39, 0.29) is 23.9 Å². The van der Waals surface area contributed by atoms with Crippen LogP contribution in [0.1, 0.15) is 46.5 Å². The molecule has 0 saturated heterocycles. The number of fused-ring (bicyclic) bond motifs is 1. The van der Waals surface area contributed by atoms with E-state index in [0.717, 1.165) is 30.4 Å². The van der Waals surface area contributed by atoms with Crippen molar-refractivity contribution in [1.82, 2.24) is 0 Å². The summed E-state index contributed by atoms with van der Waals surface area (Å²) in [6.45, 7) is 5.97. The van der Waals surface area contributed by atoms with Gasteiger partial charge in [-0.25, -0.2) is 4.79 Å². The lowest BCUT2D eigenvalue weighted by molar-refractivity contribution is -0.147. The molecule has 0 spiro atoms. The highest BCUT2D eigenvalue weighted by Gasteiger charge is 2.57. The van der Waals surface area contributed by atoms with Gasteiger partial charge in [-0.2, -0.15) is 0 Å². The van der Waals surface area contributed by atoms with Gasteiger partial charge in [-0.15, -0.1) is 0 Å². The zero-order valence-electron chi connectivity index (χ0n) is 12.9. The number of esters is 1. The summed E-state index contributed by atoms with van der Waals surface area (Å²) in [5.41, 5.74) is 0.995. The molecule has 0 aromatic rings. The quantitative estimate of drug-likeness (QED) is 0.761. The van der Waals surface area contributed by atoms with Crippen LogP contribution in [0.25, 0.3) is 0 Å². The fraction of sp³-hybridized carbons (Fsp3) is 0.812. The molecule has 0 unspecified atom stereocenters. The Labute approximate surface area is 120 Å². The molecule has 0 amide bonds. The molecule has 0 aromatic heterocycles. The van der Waals surface area contributed by atoms with E-state index in [9.17, 15) is 15.0 Å². The van der Waals surface area contributed by atoms with Gasteiger partial charge >= 0.3 is 5.97 Å². The fourth-order valence-corrected chi connectivity index (χ4v) is 4.55. The topological polar surface area (TPSA) is 66.8 Å². The van der Waals surface area contributed by atoms with Crippen LogP contribution in [0, 0.1) is 16.7 Å². The molecule has 0 heterocycles. The Hall–Kier alpha value is -0.870. The number of methoxy groups -OCH3 is 1. The summed E-state index contributed by atoms with van der Waals surface area (Å²) in [5, 5.41) is 20.2. The molecule has 0 bridgehead atoms. The fourth-order valence-electron chi connectivity index (χ4n) is 4.55. The maximum absolute atomic E-state index is 12.2. The van der Waals surface area contributed by atoms with Crippen LogP contribution in [0.15, 0.2) is 11.1 Å². The third-order valence-electron chi connectivity index (χ3n) is 5.80. The highest BCUT2D eigenvalue weighted by atomic mass is 16.5. The predicted molar refractivity (Wildman–Crippen MR) is 76.0 cm³/mol. The predicted octanol–water partition coefficient (Wildman–Crippen LogP) is 2.05. The van der Waals surface area contributed by atoms with Crippen molar-refractivity contribution in [2.45, 2.75) is 52.6 Å². The summed E-state index contributed by atoms with van der Waals surface area (Å²) in [5.74, 6) is -0.159. The van der Waals surface area contributed by atoms with E-state index < -0.39 is 11.5 Å². The van der Waals surface area contributed by atoms with Crippen LogP contribution >= 0.6 is 0 Å². The molecule has 1 fully saturated rings. The van der Waals surface area contributed by atoms with Gasteiger partial charge in [0.1, 0.15) is 0 Å². The van der Waals surface area contributed by atoms with E-state index in [1.165, 1.54) is 7.11 Å². The van der Waals surface area contributed by atoms with Crippen LogP contribution in [0.3, 0.4) is 0 Å². The van der Waals surface area contributed by atoms with Crippen molar-refractivity contribution < 1.29 is 19.7 Å².